The Labute approximate surface area is 96.9 Å². The summed E-state index contributed by atoms with van der Waals surface area (Å²) < 4.78 is 13.3. The van der Waals surface area contributed by atoms with Crippen molar-refractivity contribution in [1.82, 2.24) is 0 Å². The van der Waals surface area contributed by atoms with Crippen LogP contribution < -0.4 is 5.73 Å². The van der Waals surface area contributed by atoms with Crippen LogP contribution in [0.3, 0.4) is 0 Å². The van der Waals surface area contributed by atoms with Gasteiger partial charge in [-0.15, -0.1) is 0 Å². The van der Waals surface area contributed by atoms with Crippen LogP contribution in [0.2, 0.25) is 0 Å². The number of hydrogen-bond donors (Lipinski definition) is 1. The van der Waals surface area contributed by atoms with Gasteiger partial charge < -0.3 is 5.73 Å². The number of rotatable bonds is 2. The van der Waals surface area contributed by atoms with Gasteiger partial charge in [0.15, 0.2) is 0 Å². The highest BCUT2D eigenvalue weighted by atomic mass is 19.1. The predicted molar refractivity (Wildman–Crippen MR) is 64.5 cm³/mol. The fraction of sp³-hybridized carbons (Fsp3) is 0.571. The van der Waals surface area contributed by atoms with Crippen LogP contribution in [0.4, 0.5) is 4.39 Å². The molecule has 1 aliphatic rings. The summed E-state index contributed by atoms with van der Waals surface area (Å²) in [6, 6.07) is 6.82. The van der Waals surface area contributed by atoms with E-state index in [1.165, 1.54) is 18.9 Å². The van der Waals surface area contributed by atoms with Crippen molar-refractivity contribution in [2.24, 2.45) is 11.7 Å². The van der Waals surface area contributed by atoms with Gasteiger partial charge in [-0.2, -0.15) is 0 Å². The quantitative estimate of drug-likeness (QED) is 0.811. The van der Waals surface area contributed by atoms with Gasteiger partial charge in [0.05, 0.1) is 0 Å². The van der Waals surface area contributed by atoms with E-state index in [2.05, 4.69) is 6.92 Å². The van der Waals surface area contributed by atoms with E-state index >= 15 is 0 Å². The average molecular weight is 221 g/mol. The van der Waals surface area contributed by atoms with Crippen LogP contribution >= 0.6 is 0 Å². The monoisotopic (exact) mass is 221 g/mol. The van der Waals surface area contributed by atoms with Crippen molar-refractivity contribution >= 4 is 0 Å². The minimum absolute atomic E-state index is 0.178. The standard InChI is InChI=1S/C14H20FN/c1-2-11-6-3-4-9-14(11,16)12-7-5-8-13(15)10-12/h5,7-8,10-11H,2-4,6,9,16H2,1H3. The molecule has 1 nitrogen and oxygen atoms in total. The smallest absolute Gasteiger partial charge is 0.123 e. The molecule has 2 unspecified atom stereocenters. The maximum absolute atomic E-state index is 13.3. The van der Waals surface area contributed by atoms with E-state index in [0.717, 1.165) is 24.8 Å². The first kappa shape index (κ1) is 11.6. The predicted octanol–water partition coefficient (Wildman–Crippen LogP) is 3.58. The molecule has 88 valence electrons. The highest BCUT2D eigenvalue weighted by Gasteiger charge is 2.37. The third-order valence-corrected chi connectivity index (χ3v) is 3.98. The Morgan fingerprint density at radius 3 is 2.94 bits per heavy atom. The summed E-state index contributed by atoms with van der Waals surface area (Å²) in [5.41, 5.74) is 7.20. The number of hydrogen-bond acceptors (Lipinski definition) is 1. The van der Waals surface area contributed by atoms with Gasteiger partial charge in [-0.3, -0.25) is 0 Å². The lowest BCUT2D eigenvalue weighted by Crippen LogP contribution is -2.46. The lowest BCUT2D eigenvalue weighted by molar-refractivity contribution is 0.184. The molecule has 0 radical (unpaired) electrons. The summed E-state index contributed by atoms with van der Waals surface area (Å²) in [5.74, 6) is 0.311. The van der Waals surface area contributed by atoms with Crippen LogP contribution in [0, 0.1) is 11.7 Å². The largest absolute Gasteiger partial charge is 0.321 e. The first-order valence-electron chi connectivity index (χ1n) is 6.21. The van der Waals surface area contributed by atoms with Crippen molar-refractivity contribution < 1.29 is 4.39 Å². The molecule has 1 aromatic rings. The average Bonchev–Trinajstić information content (AvgIpc) is 2.30. The summed E-state index contributed by atoms with van der Waals surface area (Å²) in [6.07, 6.45) is 5.64. The van der Waals surface area contributed by atoms with Gasteiger partial charge in [-0.1, -0.05) is 38.3 Å². The van der Waals surface area contributed by atoms with Crippen LogP contribution in [0.1, 0.15) is 44.6 Å². The topological polar surface area (TPSA) is 26.0 Å². The van der Waals surface area contributed by atoms with Gasteiger partial charge in [0.2, 0.25) is 0 Å². The van der Waals surface area contributed by atoms with Crippen molar-refractivity contribution in [3.8, 4) is 0 Å². The molecule has 0 amide bonds. The fourth-order valence-electron chi connectivity index (χ4n) is 3.00. The zero-order chi connectivity index (χ0) is 11.6. The summed E-state index contributed by atoms with van der Waals surface area (Å²) in [6.45, 7) is 2.18. The number of nitrogens with two attached hydrogens (primary N) is 1. The summed E-state index contributed by atoms with van der Waals surface area (Å²) in [4.78, 5) is 0. The van der Waals surface area contributed by atoms with E-state index < -0.39 is 0 Å². The van der Waals surface area contributed by atoms with E-state index in [4.69, 9.17) is 5.73 Å². The van der Waals surface area contributed by atoms with Crippen LogP contribution in [-0.4, -0.2) is 0 Å². The van der Waals surface area contributed by atoms with Crippen LogP contribution in [0.25, 0.3) is 0 Å². The van der Waals surface area contributed by atoms with Crippen molar-refractivity contribution in [2.45, 2.75) is 44.6 Å². The Morgan fingerprint density at radius 2 is 2.25 bits per heavy atom. The van der Waals surface area contributed by atoms with E-state index in [1.54, 1.807) is 12.1 Å². The number of benzene rings is 1. The molecule has 1 saturated carbocycles. The Balaban J connectivity index is 2.34. The molecule has 2 rings (SSSR count). The molecule has 2 N–H and O–H groups in total. The molecule has 0 spiro atoms. The van der Waals surface area contributed by atoms with Crippen LogP contribution in [-0.2, 0) is 5.54 Å². The lowest BCUT2D eigenvalue weighted by atomic mass is 9.68. The van der Waals surface area contributed by atoms with Gasteiger partial charge in [0, 0.05) is 5.54 Å². The lowest BCUT2D eigenvalue weighted by Gasteiger charge is -2.41. The summed E-state index contributed by atoms with van der Waals surface area (Å²) in [5, 5.41) is 0. The Bertz CT molecular complexity index is 364. The third kappa shape index (κ3) is 1.99. The molecule has 1 aliphatic carbocycles. The molecule has 0 saturated heterocycles. The van der Waals surface area contributed by atoms with Crippen molar-refractivity contribution in [1.29, 1.82) is 0 Å². The molecule has 16 heavy (non-hydrogen) atoms. The molecular weight excluding hydrogens is 201 g/mol. The van der Waals surface area contributed by atoms with Crippen molar-refractivity contribution in [2.75, 3.05) is 0 Å². The Hall–Kier alpha value is -0.890. The first-order chi connectivity index (χ1) is 7.66. The summed E-state index contributed by atoms with van der Waals surface area (Å²) >= 11 is 0. The molecule has 0 heterocycles. The van der Waals surface area contributed by atoms with E-state index in [1.807, 2.05) is 6.07 Å². The Kier molecular flexibility index (Phi) is 3.29. The van der Waals surface area contributed by atoms with Gasteiger partial charge in [0.1, 0.15) is 5.82 Å². The molecule has 0 bridgehead atoms. The maximum Gasteiger partial charge on any atom is 0.123 e. The van der Waals surface area contributed by atoms with Gasteiger partial charge in [-0.25, -0.2) is 4.39 Å². The zero-order valence-electron chi connectivity index (χ0n) is 9.88. The zero-order valence-corrected chi connectivity index (χ0v) is 9.88. The fourth-order valence-corrected chi connectivity index (χ4v) is 3.00. The summed E-state index contributed by atoms with van der Waals surface area (Å²) in [7, 11) is 0. The van der Waals surface area contributed by atoms with E-state index in [9.17, 15) is 4.39 Å². The van der Waals surface area contributed by atoms with Gasteiger partial charge in [0.25, 0.3) is 0 Å². The van der Waals surface area contributed by atoms with Crippen LogP contribution in [0.15, 0.2) is 24.3 Å². The minimum Gasteiger partial charge on any atom is -0.321 e. The van der Waals surface area contributed by atoms with Gasteiger partial charge >= 0.3 is 0 Å². The molecule has 2 heteroatoms. The molecule has 1 aromatic carbocycles. The third-order valence-electron chi connectivity index (χ3n) is 3.98. The Morgan fingerprint density at radius 1 is 1.44 bits per heavy atom. The molecule has 1 fully saturated rings. The normalized spacial score (nSPS) is 30.3. The highest BCUT2D eigenvalue weighted by molar-refractivity contribution is 5.26. The van der Waals surface area contributed by atoms with Crippen LogP contribution in [0.5, 0.6) is 0 Å². The van der Waals surface area contributed by atoms with Gasteiger partial charge in [-0.05, 0) is 36.5 Å². The second kappa shape index (κ2) is 4.54. The molecular formula is C14H20FN. The molecule has 2 atom stereocenters. The SMILES string of the molecule is CCC1CCCCC1(N)c1cccc(F)c1. The highest BCUT2D eigenvalue weighted by Crippen LogP contribution is 2.41. The second-order valence-electron chi connectivity index (χ2n) is 4.90. The minimum atomic E-state index is -0.310. The molecule has 0 aliphatic heterocycles. The maximum atomic E-state index is 13.3. The second-order valence-corrected chi connectivity index (χ2v) is 4.90. The first-order valence-corrected chi connectivity index (χ1v) is 6.21. The van der Waals surface area contributed by atoms with E-state index in [0.29, 0.717) is 5.92 Å². The molecule has 0 aromatic heterocycles. The number of halogens is 1. The van der Waals surface area contributed by atoms with Crippen molar-refractivity contribution in [3.05, 3.63) is 35.6 Å². The van der Waals surface area contributed by atoms with E-state index in [-0.39, 0.29) is 11.4 Å². The van der Waals surface area contributed by atoms with Crippen molar-refractivity contribution in [3.63, 3.8) is 0 Å².